The minimum atomic E-state index is -3.75. The highest BCUT2D eigenvalue weighted by Crippen LogP contribution is 2.24. The maximum Gasteiger partial charge on any atom is 0.341 e. The van der Waals surface area contributed by atoms with Crippen LogP contribution in [-0.2, 0) is 19.5 Å². The van der Waals surface area contributed by atoms with E-state index in [2.05, 4.69) is 4.74 Å². The van der Waals surface area contributed by atoms with Crippen LogP contribution in [-0.4, -0.2) is 58.1 Å². The van der Waals surface area contributed by atoms with Gasteiger partial charge in [0.25, 0.3) is 10.0 Å². The van der Waals surface area contributed by atoms with Crippen molar-refractivity contribution in [2.45, 2.75) is 30.5 Å². The quantitative estimate of drug-likeness (QED) is 0.553. The van der Waals surface area contributed by atoms with Crippen LogP contribution in [0.1, 0.15) is 29.6 Å². The van der Waals surface area contributed by atoms with Gasteiger partial charge >= 0.3 is 5.97 Å². The molecule has 10 heteroatoms. The van der Waals surface area contributed by atoms with Crippen LogP contribution in [0.4, 0.5) is 0 Å². The van der Waals surface area contributed by atoms with Gasteiger partial charge in [0.15, 0.2) is 0 Å². The van der Waals surface area contributed by atoms with Gasteiger partial charge in [-0.3, -0.25) is 0 Å². The lowest BCUT2D eigenvalue weighted by atomic mass is 10.1. The third-order valence-corrected chi connectivity index (χ3v) is 5.46. The Morgan fingerprint density at radius 1 is 1.42 bits per heavy atom. The highest BCUT2D eigenvalue weighted by atomic mass is 35.5. The van der Waals surface area contributed by atoms with E-state index in [4.69, 9.17) is 14.9 Å². The number of nitrogens with zero attached hydrogens (tertiary/aromatic N) is 1. The molecule has 0 radical (unpaired) electrons. The second-order valence-electron chi connectivity index (χ2n) is 5.26. The van der Waals surface area contributed by atoms with E-state index < -0.39 is 16.0 Å². The smallest absolute Gasteiger partial charge is 0.341 e. The van der Waals surface area contributed by atoms with Crippen LogP contribution in [0.25, 0.3) is 0 Å². The van der Waals surface area contributed by atoms with Crippen molar-refractivity contribution in [2.75, 3.05) is 33.4 Å². The van der Waals surface area contributed by atoms with Crippen molar-refractivity contribution in [2.24, 2.45) is 5.73 Å². The molecule has 1 aliphatic rings. The van der Waals surface area contributed by atoms with E-state index in [1.54, 1.807) is 0 Å². The van der Waals surface area contributed by atoms with Gasteiger partial charge < -0.3 is 19.6 Å². The van der Waals surface area contributed by atoms with Crippen molar-refractivity contribution >= 4 is 28.4 Å². The van der Waals surface area contributed by atoms with Gasteiger partial charge in [-0.25, -0.2) is 13.2 Å². The summed E-state index contributed by atoms with van der Waals surface area (Å²) in [5.41, 5.74) is 5.49. The largest absolute Gasteiger partial charge is 0.465 e. The Hall–Kier alpha value is -1.13. The predicted octanol–water partition coefficient (Wildman–Crippen LogP) is 1.01. The number of hydrogen-bond donors (Lipinski definition) is 1. The molecule has 0 bridgehead atoms. The first-order valence-electron chi connectivity index (χ1n) is 7.47. The second-order valence-corrected chi connectivity index (χ2v) is 7.13. The number of piperidine rings is 1. The number of methoxy groups -OCH3 is 1. The van der Waals surface area contributed by atoms with E-state index in [0.717, 1.165) is 12.7 Å². The lowest BCUT2D eigenvalue weighted by Gasteiger charge is -2.30. The topological polar surface area (TPSA) is 112 Å². The summed E-state index contributed by atoms with van der Waals surface area (Å²) in [6.45, 7) is 1.87. The number of rotatable bonds is 7. The summed E-state index contributed by atoms with van der Waals surface area (Å²) in [4.78, 5) is 11.4. The monoisotopic (exact) mass is 382 g/mol. The highest BCUT2D eigenvalue weighted by molar-refractivity contribution is 7.89. The Morgan fingerprint density at radius 3 is 2.67 bits per heavy atom. The fourth-order valence-electron chi connectivity index (χ4n) is 2.38. The minimum Gasteiger partial charge on any atom is -0.465 e. The van der Waals surface area contributed by atoms with Crippen molar-refractivity contribution < 1.29 is 27.1 Å². The number of halogens is 1. The number of furan rings is 1. The fraction of sp³-hybridized carbons (Fsp3) is 0.643. The van der Waals surface area contributed by atoms with E-state index in [9.17, 15) is 13.2 Å². The average Bonchev–Trinajstić information content (AvgIpc) is 3.06. The Morgan fingerprint density at radius 2 is 2.08 bits per heavy atom. The summed E-state index contributed by atoms with van der Waals surface area (Å²) in [7, 11) is -2.53. The Bertz CT molecular complexity index is 625. The van der Waals surface area contributed by atoms with E-state index >= 15 is 0 Å². The van der Waals surface area contributed by atoms with Crippen molar-refractivity contribution in [3.8, 4) is 0 Å². The van der Waals surface area contributed by atoms with Gasteiger partial charge in [0.1, 0.15) is 6.26 Å². The summed E-state index contributed by atoms with van der Waals surface area (Å²) >= 11 is 0. The first-order valence-corrected chi connectivity index (χ1v) is 8.91. The molecule has 0 atom stereocenters. The number of esters is 1. The van der Waals surface area contributed by atoms with Crippen LogP contribution in [0.15, 0.2) is 21.8 Å². The van der Waals surface area contributed by atoms with Gasteiger partial charge in [-0.15, -0.1) is 12.4 Å². The van der Waals surface area contributed by atoms with Crippen molar-refractivity contribution in [1.29, 1.82) is 0 Å². The zero-order valence-electron chi connectivity index (χ0n) is 13.5. The third-order valence-electron chi connectivity index (χ3n) is 3.69. The van der Waals surface area contributed by atoms with Gasteiger partial charge in [0.05, 0.1) is 18.8 Å². The average molecular weight is 383 g/mol. The molecular weight excluding hydrogens is 360 g/mol. The van der Waals surface area contributed by atoms with Crippen LogP contribution in [0.2, 0.25) is 0 Å². The lowest BCUT2D eigenvalue weighted by molar-refractivity contribution is 0.0207. The molecule has 1 aromatic heterocycles. The van der Waals surface area contributed by atoms with Crippen LogP contribution in [0.5, 0.6) is 0 Å². The normalized spacial score (nSPS) is 16.6. The molecule has 0 amide bonds. The molecule has 1 aromatic rings. The molecule has 0 unspecified atom stereocenters. The maximum absolute atomic E-state index is 12.5. The SMILES string of the molecule is COC(=O)c1coc(S(=O)(=O)N2CCC(OCCCN)CC2)c1.Cl. The molecule has 1 saturated heterocycles. The minimum absolute atomic E-state index is 0. The zero-order chi connectivity index (χ0) is 16.9. The molecule has 8 nitrogen and oxygen atoms in total. The van der Waals surface area contributed by atoms with E-state index in [1.165, 1.54) is 17.5 Å². The number of ether oxygens (including phenoxy) is 2. The van der Waals surface area contributed by atoms with Gasteiger partial charge in [0.2, 0.25) is 5.09 Å². The maximum atomic E-state index is 12.5. The molecule has 1 fully saturated rings. The summed E-state index contributed by atoms with van der Waals surface area (Å²) in [6.07, 6.45) is 3.17. The van der Waals surface area contributed by atoms with Gasteiger partial charge in [0, 0.05) is 25.8 Å². The predicted molar refractivity (Wildman–Crippen MR) is 88.7 cm³/mol. The number of nitrogens with two attached hydrogens (primary N) is 1. The van der Waals surface area contributed by atoms with E-state index in [1.807, 2.05) is 0 Å². The molecule has 0 spiro atoms. The molecule has 2 rings (SSSR count). The summed E-state index contributed by atoms with van der Waals surface area (Å²) in [6, 6.07) is 1.19. The first kappa shape index (κ1) is 20.9. The van der Waals surface area contributed by atoms with E-state index in [0.29, 0.717) is 39.1 Å². The molecule has 138 valence electrons. The van der Waals surface area contributed by atoms with Gasteiger partial charge in [-0.2, -0.15) is 4.31 Å². The van der Waals surface area contributed by atoms with Crippen molar-refractivity contribution in [1.82, 2.24) is 4.31 Å². The number of carbonyl (C=O) groups excluding carboxylic acids is 1. The van der Waals surface area contributed by atoms with Gasteiger partial charge in [-0.05, 0) is 25.8 Å². The van der Waals surface area contributed by atoms with Gasteiger partial charge in [-0.1, -0.05) is 0 Å². The molecule has 2 heterocycles. The second kappa shape index (κ2) is 9.38. The van der Waals surface area contributed by atoms with Crippen LogP contribution in [0, 0.1) is 0 Å². The number of hydrogen-bond acceptors (Lipinski definition) is 7. The molecule has 0 aromatic carbocycles. The molecule has 24 heavy (non-hydrogen) atoms. The number of sulfonamides is 1. The number of carbonyl (C=O) groups is 1. The lowest BCUT2D eigenvalue weighted by Crippen LogP contribution is -2.40. The van der Waals surface area contributed by atoms with E-state index in [-0.39, 0.29) is 29.2 Å². The Balaban J connectivity index is 0.00000288. The summed E-state index contributed by atoms with van der Waals surface area (Å²) in [5.74, 6) is -0.637. The first-order chi connectivity index (χ1) is 11.0. The van der Waals surface area contributed by atoms with Crippen molar-refractivity contribution in [3.63, 3.8) is 0 Å². The molecule has 1 aliphatic heterocycles. The Labute approximate surface area is 147 Å². The van der Waals surface area contributed by atoms with Crippen LogP contribution >= 0.6 is 12.4 Å². The molecule has 2 N–H and O–H groups in total. The fourth-order valence-corrected chi connectivity index (χ4v) is 3.77. The van der Waals surface area contributed by atoms with Crippen LogP contribution < -0.4 is 5.73 Å². The molecular formula is C14H23ClN2O6S. The summed E-state index contributed by atoms with van der Waals surface area (Å²) < 4.78 is 41.6. The third kappa shape index (κ3) is 4.93. The Kier molecular flexibility index (Phi) is 8.17. The van der Waals surface area contributed by atoms with Crippen LogP contribution in [0.3, 0.4) is 0 Å². The zero-order valence-corrected chi connectivity index (χ0v) is 15.1. The highest BCUT2D eigenvalue weighted by Gasteiger charge is 2.32. The molecule has 0 saturated carbocycles. The molecule has 0 aliphatic carbocycles. The standard InChI is InChI=1S/C14H22N2O6S.ClH/c1-20-14(17)11-9-13(22-10-11)23(18,19)16-6-3-12(4-7-16)21-8-2-5-15;/h9-10,12H,2-8,15H2,1H3;1H. The summed E-state index contributed by atoms with van der Waals surface area (Å²) in [5, 5.41) is -0.250. The van der Waals surface area contributed by atoms with Crippen molar-refractivity contribution in [3.05, 3.63) is 17.9 Å².